The topological polar surface area (TPSA) is 77.5 Å². The van der Waals surface area contributed by atoms with Crippen LogP contribution in [0.5, 0.6) is 0 Å². The summed E-state index contributed by atoms with van der Waals surface area (Å²) in [6.07, 6.45) is 1.45. The largest absolute Gasteiger partial charge is 0.366 e. The van der Waals surface area contributed by atoms with E-state index in [0.29, 0.717) is 15.6 Å². The molecule has 0 spiro atoms. The predicted molar refractivity (Wildman–Crippen MR) is 83.7 cm³/mol. The summed E-state index contributed by atoms with van der Waals surface area (Å²) < 4.78 is 1.15. The minimum Gasteiger partial charge on any atom is -0.262 e. The van der Waals surface area contributed by atoms with Crippen LogP contribution in [0.4, 0.5) is 5.69 Å². The molecule has 1 aromatic carbocycles. The molecule has 0 atom stereocenters. The highest BCUT2D eigenvalue weighted by Gasteiger charge is 2.24. The number of pyridine rings is 1. The van der Waals surface area contributed by atoms with Crippen molar-refractivity contribution in [2.75, 3.05) is 0 Å². The molecule has 0 aliphatic heterocycles. The van der Waals surface area contributed by atoms with E-state index in [2.05, 4.69) is 4.98 Å². The van der Waals surface area contributed by atoms with E-state index in [1.807, 2.05) is 0 Å². The van der Waals surface area contributed by atoms with Gasteiger partial charge in [-0.1, -0.05) is 41.6 Å². The Bertz CT molecular complexity index is 942. The lowest BCUT2D eigenvalue weighted by atomic mass is 10.4. The predicted octanol–water partition coefficient (Wildman–Crippen LogP) is 3.41. The van der Waals surface area contributed by atoms with Crippen LogP contribution in [-0.4, -0.2) is 14.3 Å². The van der Waals surface area contributed by atoms with Crippen LogP contribution in [0.25, 0.3) is 5.65 Å². The molecule has 6 nitrogen and oxygen atoms in total. The molecule has 0 aliphatic carbocycles. The van der Waals surface area contributed by atoms with E-state index in [0.717, 1.165) is 16.2 Å². The average molecular weight is 334 g/mol. The second-order valence-electron chi connectivity index (χ2n) is 4.29. The van der Waals surface area contributed by atoms with E-state index in [4.69, 9.17) is 11.6 Å². The van der Waals surface area contributed by atoms with Crippen molar-refractivity contribution in [3.05, 3.63) is 74.2 Å². The molecule has 0 radical (unpaired) electrons. The van der Waals surface area contributed by atoms with Gasteiger partial charge in [0.15, 0.2) is 5.03 Å². The standard InChI is InChI=1S/C14H8ClN3O3S/c15-9-5-1-2-6-10(9)22-13-12(18(20)21)14(19)17-8-4-3-7-11(17)16-13/h1-8H. The first kappa shape index (κ1) is 14.6. The second-order valence-corrected chi connectivity index (χ2v) is 5.73. The monoisotopic (exact) mass is 333 g/mol. The van der Waals surface area contributed by atoms with Gasteiger partial charge in [0, 0.05) is 11.1 Å². The van der Waals surface area contributed by atoms with Crippen LogP contribution < -0.4 is 5.56 Å². The second kappa shape index (κ2) is 5.78. The summed E-state index contributed by atoms with van der Waals surface area (Å²) in [5.41, 5.74) is -0.938. The zero-order valence-corrected chi connectivity index (χ0v) is 12.5. The number of hydrogen-bond donors (Lipinski definition) is 0. The van der Waals surface area contributed by atoms with Crippen LogP contribution in [0.15, 0.2) is 63.4 Å². The lowest BCUT2D eigenvalue weighted by Gasteiger charge is -2.06. The van der Waals surface area contributed by atoms with E-state index in [1.165, 1.54) is 6.20 Å². The Morgan fingerprint density at radius 3 is 2.64 bits per heavy atom. The Balaban J connectivity index is 2.24. The third-order valence-electron chi connectivity index (χ3n) is 2.90. The van der Waals surface area contributed by atoms with Crippen molar-refractivity contribution in [1.29, 1.82) is 0 Å². The fourth-order valence-corrected chi connectivity index (χ4v) is 3.09. The fourth-order valence-electron chi connectivity index (χ4n) is 1.92. The van der Waals surface area contributed by atoms with Crippen molar-refractivity contribution in [2.24, 2.45) is 0 Å². The van der Waals surface area contributed by atoms with Gasteiger partial charge in [0.2, 0.25) is 0 Å². The van der Waals surface area contributed by atoms with Crippen molar-refractivity contribution in [2.45, 2.75) is 9.92 Å². The maximum Gasteiger partial charge on any atom is 0.366 e. The van der Waals surface area contributed by atoms with Gasteiger partial charge in [0.1, 0.15) is 5.65 Å². The molecule has 0 fully saturated rings. The highest BCUT2D eigenvalue weighted by Crippen LogP contribution is 2.35. The average Bonchev–Trinajstić information content (AvgIpc) is 2.49. The first-order valence-corrected chi connectivity index (χ1v) is 7.35. The molecule has 0 unspecified atom stereocenters. The molecule has 8 heteroatoms. The van der Waals surface area contributed by atoms with E-state index in [-0.39, 0.29) is 5.03 Å². The normalized spacial score (nSPS) is 10.8. The minimum atomic E-state index is -0.717. The number of nitrogens with zero attached hydrogens (tertiary/aromatic N) is 3. The molecular formula is C14H8ClN3O3S. The van der Waals surface area contributed by atoms with Gasteiger partial charge in [-0.25, -0.2) is 4.98 Å². The molecular weight excluding hydrogens is 326 g/mol. The van der Waals surface area contributed by atoms with Gasteiger partial charge in [0.25, 0.3) is 0 Å². The summed E-state index contributed by atoms with van der Waals surface area (Å²) in [6.45, 7) is 0. The third kappa shape index (κ3) is 2.56. The number of nitro groups is 1. The summed E-state index contributed by atoms with van der Waals surface area (Å²) in [7, 11) is 0. The van der Waals surface area contributed by atoms with Crippen molar-refractivity contribution in [3.63, 3.8) is 0 Å². The molecule has 3 aromatic rings. The molecule has 22 heavy (non-hydrogen) atoms. The third-order valence-corrected chi connectivity index (χ3v) is 4.40. The summed E-state index contributed by atoms with van der Waals surface area (Å²) >= 11 is 7.06. The van der Waals surface area contributed by atoms with Crippen LogP contribution in [0.2, 0.25) is 5.02 Å². The van der Waals surface area contributed by atoms with Crippen LogP contribution >= 0.6 is 23.4 Å². The lowest BCUT2D eigenvalue weighted by molar-refractivity contribution is -0.389. The van der Waals surface area contributed by atoms with Gasteiger partial charge in [-0.15, -0.1) is 0 Å². The van der Waals surface area contributed by atoms with E-state index in [1.54, 1.807) is 42.5 Å². The molecule has 2 heterocycles. The number of aromatic nitrogens is 2. The number of rotatable bonds is 3. The van der Waals surface area contributed by atoms with Crippen LogP contribution in [-0.2, 0) is 0 Å². The lowest BCUT2D eigenvalue weighted by Crippen LogP contribution is -2.19. The first-order valence-electron chi connectivity index (χ1n) is 6.16. The summed E-state index contributed by atoms with van der Waals surface area (Å²) in [6, 6.07) is 11.8. The fraction of sp³-hybridized carbons (Fsp3) is 0. The highest BCUT2D eigenvalue weighted by molar-refractivity contribution is 7.99. The smallest absolute Gasteiger partial charge is 0.262 e. The quantitative estimate of drug-likeness (QED) is 0.417. The zero-order chi connectivity index (χ0) is 15.7. The Morgan fingerprint density at radius 2 is 1.91 bits per heavy atom. The van der Waals surface area contributed by atoms with Crippen molar-refractivity contribution in [3.8, 4) is 0 Å². The summed E-state index contributed by atoms with van der Waals surface area (Å²) in [4.78, 5) is 27.7. The Hall–Kier alpha value is -2.38. The van der Waals surface area contributed by atoms with Gasteiger partial charge < -0.3 is 0 Å². The van der Waals surface area contributed by atoms with Crippen molar-refractivity contribution < 1.29 is 4.92 Å². The molecule has 0 bridgehead atoms. The molecule has 0 amide bonds. The molecule has 0 N–H and O–H groups in total. The van der Waals surface area contributed by atoms with E-state index in [9.17, 15) is 14.9 Å². The first-order chi connectivity index (χ1) is 10.6. The van der Waals surface area contributed by atoms with Crippen LogP contribution in [0, 0.1) is 10.1 Å². The van der Waals surface area contributed by atoms with E-state index >= 15 is 0 Å². The van der Waals surface area contributed by atoms with E-state index < -0.39 is 16.2 Å². The molecule has 0 saturated carbocycles. The number of halogens is 1. The maximum atomic E-state index is 12.3. The van der Waals surface area contributed by atoms with Crippen LogP contribution in [0.1, 0.15) is 0 Å². The molecule has 3 rings (SSSR count). The highest BCUT2D eigenvalue weighted by atomic mass is 35.5. The molecule has 2 aromatic heterocycles. The van der Waals surface area contributed by atoms with Gasteiger partial charge in [-0.05, 0) is 24.3 Å². The summed E-state index contributed by atoms with van der Waals surface area (Å²) in [5, 5.41) is 11.7. The van der Waals surface area contributed by atoms with Crippen molar-refractivity contribution >= 4 is 34.7 Å². The zero-order valence-electron chi connectivity index (χ0n) is 11.0. The molecule has 0 saturated heterocycles. The van der Waals surface area contributed by atoms with Gasteiger partial charge in [0.05, 0.1) is 9.95 Å². The summed E-state index contributed by atoms with van der Waals surface area (Å²) in [5.74, 6) is 0. The molecule has 110 valence electrons. The SMILES string of the molecule is O=c1c([N+](=O)[O-])c(Sc2ccccc2Cl)nc2ccccn12. The Morgan fingerprint density at radius 1 is 1.18 bits per heavy atom. The maximum absolute atomic E-state index is 12.3. The van der Waals surface area contributed by atoms with Gasteiger partial charge in [-0.3, -0.25) is 19.3 Å². The number of hydrogen-bond acceptors (Lipinski definition) is 5. The number of fused-ring (bicyclic) bond motifs is 1. The van der Waals surface area contributed by atoms with Gasteiger partial charge in [-0.2, -0.15) is 0 Å². The van der Waals surface area contributed by atoms with Gasteiger partial charge >= 0.3 is 11.2 Å². The molecule has 0 aliphatic rings. The number of benzene rings is 1. The Kier molecular flexibility index (Phi) is 3.82. The van der Waals surface area contributed by atoms with Crippen molar-refractivity contribution in [1.82, 2.24) is 9.38 Å². The van der Waals surface area contributed by atoms with Crippen LogP contribution in [0.3, 0.4) is 0 Å². The Labute approximate surface area is 133 Å². The minimum absolute atomic E-state index is 0.0225.